The number of ether oxygens (including phenoxy) is 1. The van der Waals surface area contributed by atoms with Crippen molar-refractivity contribution in [3.05, 3.63) is 35.9 Å². The van der Waals surface area contributed by atoms with Gasteiger partial charge in [0.15, 0.2) is 5.11 Å². The zero-order chi connectivity index (χ0) is 27.5. The van der Waals surface area contributed by atoms with Crippen LogP contribution in [0.5, 0.6) is 0 Å². The summed E-state index contributed by atoms with van der Waals surface area (Å²) in [5, 5.41) is 0.494. The maximum Gasteiger partial charge on any atom is 0.329 e. The molecular formula is C31H43N3O4S. The van der Waals surface area contributed by atoms with Crippen LogP contribution in [0.2, 0.25) is 0 Å². The summed E-state index contributed by atoms with van der Waals surface area (Å²) >= 11 is 5.94. The lowest BCUT2D eigenvalue weighted by Gasteiger charge is -2.38. The van der Waals surface area contributed by atoms with Crippen molar-refractivity contribution < 1.29 is 19.1 Å². The highest BCUT2D eigenvalue weighted by Gasteiger charge is 2.53. The van der Waals surface area contributed by atoms with Crippen LogP contribution in [-0.4, -0.2) is 67.8 Å². The van der Waals surface area contributed by atoms with Gasteiger partial charge in [-0.15, -0.1) is 0 Å². The first-order valence-corrected chi connectivity index (χ1v) is 15.5. The minimum Gasteiger partial charge on any atom is -0.459 e. The second-order valence-corrected chi connectivity index (χ2v) is 12.2. The van der Waals surface area contributed by atoms with Crippen LogP contribution in [-0.2, 0) is 25.7 Å². The summed E-state index contributed by atoms with van der Waals surface area (Å²) in [4.78, 5) is 47.0. The van der Waals surface area contributed by atoms with Crippen molar-refractivity contribution in [2.45, 2.75) is 128 Å². The Labute approximate surface area is 238 Å². The monoisotopic (exact) mass is 553 g/mol. The van der Waals surface area contributed by atoms with Gasteiger partial charge in [0.05, 0.1) is 0 Å². The molecule has 2 aliphatic heterocycles. The van der Waals surface area contributed by atoms with Gasteiger partial charge in [-0.2, -0.15) is 0 Å². The normalized spacial score (nSPS) is 28.5. The molecule has 2 amide bonds. The fraction of sp³-hybridized carbons (Fsp3) is 0.677. The zero-order valence-electron chi connectivity index (χ0n) is 23.4. The second-order valence-electron chi connectivity index (χ2n) is 11.9. The number of benzene rings is 1. The van der Waals surface area contributed by atoms with Gasteiger partial charge in [0.1, 0.15) is 24.7 Å². The van der Waals surface area contributed by atoms with E-state index in [1.165, 1.54) is 6.42 Å². The number of fused-ring (bicyclic) bond motifs is 1. The number of likely N-dealkylation sites (tertiary alicyclic amines) is 1. The number of hydrogen-bond acceptors (Lipinski definition) is 5. The summed E-state index contributed by atoms with van der Waals surface area (Å²) in [6, 6.07) is 8.19. The second kappa shape index (κ2) is 12.4. The van der Waals surface area contributed by atoms with Crippen molar-refractivity contribution in [1.29, 1.82) is 0 Å². The fourth-order valence-corrected chi connectivity index (χ4v) is 7.95. The number of amides is 2. The Kier molecular flexibility index (Phi) is 8.89. The quantitative estimate of drug-likeness (QED) is 0.325. The summed E-state index contributed by atoms with van der Waals surface area (Å²) in [5.41, 5.74) is 0.929. The molecule has 212 valence electrons. The molecule has 0 unspecified atom stereocenters. The van der Waals surface area contributed by atoms with E-state index in [9.17, 15) is 14.4 Å². The average molecular weight is 554 g/mol. The lowest BCUT2D eigenvalue weighted by atomic mass is 9.84. The average Bonchev–Trinajstić information content (AvgIpc) is 3.47. The topological polar surface area (TPSA) is 70.2 Å². The molecule has 5 atom stereocenters. The highest BCUT2D eigenvalue weighted by Crippen LogP contribution is 2.41. The van der Waals surface area contributed by atoms with Crippen LogP contribution < -0.4 is 0 Å². The third-order valence-corrected chi connectivity index (χ3v) is 9.81. The highest BCUT2D eigenvalue weighted by molar-refractivity contribution is 7.80. The molecule has 39 heavy (non-hydrogen) atoms. The van der Waals surface area contributed by atoms with Gasteiger partial charge in [-0.05, 0) is 69.1 Å². The maximum atomic E-state index is 14.3. The number of esters is 1. The molecule has 0 radical (unpaired) electrons. The van der Waals surface area contributed by atoms with Crippen LogP contribution in [0.4, 0.5) is 0 Å². The van der Waals surface area contributed by atoms with Gasteiger partial charge in [0, 0.05) is 12.1 Å². The molecular weight excluding hydrogens is 510 g/mol. The van der Waals surface area contributed by atoms with E-state index in [0.29, 0.717) is 23.9 Å². The number of carbonyl (C=O) groups excluding carboxylic acids is 3. The fourth-order valence-electron chi connectivity index (χ4n) is 7.43. The van der Waals surface area contributed by atoms with E-state index in [0.717, 1.165) is 63.4 Å². The van der Waals surface area contributed by atoms with Crippen molar-refractivity contribution in [3.63, 3.8) is 0 Å². The third kappa shape index (κ3) is 5.59. The lowest BCUT2D eigenvalue weighted by Crippen LogP contribution is -2.56. The van der Waals surface area contributed by atoms with Crippen LogP contribution in [0.3, 0.4) is 0 Å². The third-order valence-electron chi connectivity index (χ3n) is 9.40. The summed E-state index contributed by atoms with van der Waals surface area (Å²) in [6.07, 6.45) is 11.6. The number of carbonyl (C=O) groups is 3. The number of rotatable bonds is 8. The first-order valence-electron chi connectivity index (χ1n) is 15.1. The van der Waals surface area contributed by atoms with E-state index in [1.807, 2.05) is 52.0 Å². The number of nitrogens with zero attached hydrogens (tertiary/aromatic N) is 3. The first kappa shape index (κ1) is 28.1. The summed E-state index contributed by atoms with van der Waals surface area (Å²) in [6.45, 7) is 4.14. The molecule has 8 heteroatoms. The van der Waals surface area contributed by atoms with E-state index >= 15 is 0 Å². The number of thiocarbonyl (C=S) groups is 1. The van der Waals surface area contributed by atoms with Crippen molar-refractivity contribution in [3.8, 4) is 0 Å². The van der Waals surface area contributed by atoms with E-state index < -0.39 is 18.1 Å². The van der Waals surface area contributed by atoms with Crippen LogP contribution >= 0.6 is 12.2 Å². The van der Waals surface area contributed by atoms with Crippen LogP contribution in [0.25, 0.3) is 0 Å². The first-order chi connectivity index (χ1) is 18.9. The molecule has 2 saturated carbocycles. The Morgan fingerprint density at radius 1 is 1.03 bits per heavy atom. The lowest BCUT2D eigenvalue weighted by molar-refractivity contribution is -0.157. The van der Waals surface area contributed by atoms with E-state index in [1.54, 1.807) is 0 Å². The SMILES string of the molecule is CCC[C@@H]1C(=O)N(C2CCCCC2)C(=S)N1[C@@H](C)C(=O)N1[C@@H](C(=O)OCc2ccccc2)C[C@@H]2CCCC[C@@H]21. The maximum absolute atomic E-state index is 14.3. The minimum absolute atomic E-state index is 0.0360. The molecule has 2 saturated heterocycles. The summed E-state index contributed by atoms with van der Waals surface area (Å²) in [5.74, 6) is -0.0821. The van der Waals surface area contributed by atoms with Gasteiger partial charge in [-0.25, -0.2) is 4.79 Å². The molecule has 1 aromatic carbocycles. The van der Waals surface area contributed by atoms with E-state index in [-0.39, 0.29) is 36.5 Å². The van der Waals surface area contributed by atoms with Crippen molar-refractivity contribution in [1.82, 2.24) is 14.7 Å². The van der Waals surface area contributed by atoms with Crippen LogP contribution in [0.1, 0.15) is 96.5 Å². The molecule has 2 aliphatic carbocycles. The van der Waals surface area contributed by atoms with Gasteiger partial charge in [-0.1, -0.05) is 75.8 Å². The molecule has 1 aromatic rings. The Balaban J connectivity index is 1.37. The molecule has 0 aromatic heterocycles. The van der Waals surface area contributed by atoms with Gasteiger partial charge >= 0.3 is 5.97 Å². The van der Waals surface area contributed by atoms with Gasteiger partial charge < -0.3 is 14.5 Å². The predicted molar refractivity (Wildman–Crippen MR) is 154 cm³/mol. The number of hydrogen-bond donors (Lipinski definition) is 0. The molecule has 0 spiro atoms. The molecule has 0 bridgehead atoms. The zero-order valence-corrected chi connectivity index (χ0v) is 24.2. The van der Waals surface area contributed by atoms with Crippen molar-refractivity contribution >= 4 is 35.1 Å². The van der Waals surface area contributed by atoms with Gasteiger partial charge in [0.2, 0.25) is 5.91 Å². The Morgan fingerprint density at radius 2 is 1.72 bits per heavy atom. The minimum atomic E-state index is -0.614. The predicted octanol–water partition coefficient (Wildman–Crippen LogP) is 5.21. The Morgan fingerprint density at radius 3 is 2.44 bits per heavy atom. The molecule has 7 nitrogen and oxygen atoms in total. The molecule has 0 N–H and O–H groups in total. The molecule has 4 fully saturated rings. The van der Waals surface area contributed by atoms with Gasteiger partial charge in [-0.3, -0.25) is 14.5 Å². The van der Waals surface area contributed by atoms with E-state index in [2.05, 4.69) is 6.92 Å². The molecule has 5 rings (SSSR count). The summed E-state index contributed by atoms with van der Waals surface area (Å²) in [7, 11) is 0. The Bertz CT molecular complexity index is 1060. The largest absolute Gasteiger partial charge is 0.459 e. The van der Waals surface area contributed by atoms with Crippen molar-refractivity contribution in [2.75, 3.05) is 0 Å². The summed E-state index contributed by atoms with van der Waals surface area (Å²) < 4.78 is 5.76. The van der Waals surface area contributed by atoms with Gasteiger partial charge in [0.25, 0.3) is 5.91 Å². The van der Waals surface area contributed by atoms with Crippen LogP contribution in [0.15, 0.2) is 30.3 Å². The van der Waals surface area contributed by atoms with E-state index in [4.69, 9.17) is 17.0 Å². The molecule has 2 heterocycles. The standard InChI is InChI=1S/C31H43N3O4S/c1-3-12-26-29(36)33(24-16-8-5-9-17-24)31(39)32(26)21(2)28(35)34-25-18-11-10-15-23(25)19-27(34)30(37)38-20-22-13-6-4-7-14-22/h4,6-7,13-14,21,23-27H,3,5,8-12,15-20H2,1-2H3/t21-,23-,25-,26+,27+/m0/s1. The van der Waals surface area contributed by atoms with Crippen molar-refractivity contribution in [2.24, 2.45) is 5.92 Å². The highest BCUT2D eigenvalue weighted by atomic mass is 32.1. The molecule has 4 aliphatic rings. The Hall–Kier alpha value is -2.48. The smallest absolute Gasteiger partial charge is 0.329 e. The van der Waals surface area contributed by atoms with Crippen LogP contribution in [0, 0.1) is 5.92 Å².